The average Bonchev–Trinajstić information content (AvgIpc) is 2.97. The molecular formula is C24H35N3O6S. The summed E-state index contributed by atoms with van der Waals surface area (Å²) in [5.74, 6) is -0.820. The molecule has 188 valence electrons. The van der Waals surface area contributed by atoms with Gasteiger partial charge in [0.15, 0.2) is 0 Å². The Labute approximate surface area is 201 Å². The second kappa shape index (κ2) is 9.30. The molecule has 0 radical (unpaired) electrons. The van der Waals surface area contributed by atoms with Crippen molar-refractivity contribution in [2.75, 3.05) is 32.1 Å². The van der Waals surface area contributed by atoms with Crippen LogP contribution in [0.25, 0.3) is 0 Å². The highest BCUT2D eigenvalue weighted by molar-refractivity contribution is 7.89. The molecule has 1 N–H and O–H groups in total. The quantitative estimate of drug-likeness (QED) is 0.529. The van der Waals surface area contributed by atoms with E-state index in [9.17, 15) is 22.8 Å². The van der Waals surface area contributed by atoms with Crippen LogP contribution in [0, 0.1) is 16.7 Å². The third-order valence-electron chi connectivity index (χ3n) is 7.86. The minimum Gasteiger partial charge on any atom is -0.495 e. The number of likely N-dealkylation sites (tertiary alicyclic amines) is 1. The number of carbonyl (C=O) groups is 3. The lowest BCUT2D eigenvalue weighted by molar-refractivity contribution is -0.167. The van der Waals surface area contributed by atoms with Gasteiger partial charge in [-0.05, 0) is 36.5 Å². The number of carbonyl (C=O) groups excluding carboxylic acids is 3. The predicted octanol–water partition coefficient (Wildman–Crippen LogP) is 2.87. The van der Waals surface area contributed by atoms with Crippen molar-refractivity contribution in [2.45, 2.75) is 58.8 Å². The molecule has 2 atom stereocenters. The number of benzene rings is 1. The molecule has 2 fully saturated rings. The van der Waals surface area contributed by atoms with Gasteiger partial charge in [-0.1, -0.05) is 34.6 Å². The predicted molar refractivity (Wildman–Crippen MR) is 128 cm³/mol. The van der Waals surface area contributed by atoms with Crippen LogP contribution in [-0.2, 0) is 24.4 Å². The second-order valence-electron chi connectivity index (χ2n) is 9.69. The lowest BCUT2D eigenvalue weighted by Gasteiger charge is -2.47. The van der Waals surface area contributed by atoms with Crippen molar-refractivity contribution in [1.82, 2.24) is 9.21 Å². The van der Waals surface area contributed by atoms with Crippen LogP contribution in [0.15, 0.2) is 23.1 Å². The molecule has 10 heteroatoms. The molecule has 1 aromatic carbocycles. The second-order valence-corrected chi connectivity index (χ2v) is 11.6. The highest BCUT2D eigenvalue weighted by Gasteiger charge is 2.64. The van der Waals surface area contributed by atoms with Crippen LogP contribution in [0.2, 0.25) is 0 Å². The van der Waals surface area contributed by atoms with Gasteiger partial charge in [-0.25, -0.2) is 8.42 Å². The van der Waals surface area contributed by atoms with Crippen LogP contribution in [0.3, 0.4) is 0 Å². The summed E-state index contributed by atoms with van der Waals surface area (Å²) in [5.41, 5.74) is -0.826. The van der Waals surface area contributed by atoms with Crippen LogP contribution >= 0.6 is 0 Å². The van der Waals surface area contributed by atoms with Crippen LogP contribution in [0.5, 0.6) is 5.75 Å². The van der Waals surface area contributed by atoms with E-state index in [4.69, 9.17) is 4.74 Å². The number of sulfonamides is 1. The fourth-order valence-electron chi connectivity index (χ4n) is 5.20. The number of fused-ring (bicyclic) bond motifs is 2. The highest BCUT2D eigenvalue weighted by atomic mass is 32.2. The third-order valence-corrected chi connectivity index (χ3v) is 9.90. The summed E-state index contributed by atoms with van der Waals surface area (Å²) in [4.78, 5) is 40.2. The van der Waals surface area contributed by atoms with E-state index in [1.165, 1.54) is 34.5 Å². The average molecular weight is 494 g/mol. The Kier molecular flexibility index (Phi) is 7.15. The smallest absolute Gasteiger partial charge is 0.243 e. The van der Waals surface area contributed by atoms with Crippen LogP contribution in [-0.4, -0.2) is 62.1 Å². The van der Waals surface area contributed by atoms with Gasteiger partial charge in [0.2, 0.25) is 27.7 Å². The SMILES string of the molecule is CCN(CC)S(=O)(=O)c1ccc(OC)c(NC(=O)CCN2C(=O)C3CCC(C)(C2=O)C3(C)C)c1. The number of amides is 3. The number of nitrogens with one attached hydrogen (secondary N) is 1. The number of imide groups is 1. The van der Waals surface area contributed by atoms with Gasteiger partial charge in [-0.15, -0.1) is 0 Å². The van der Waals surface area contributed by atoms with E-state index in [-0.39, 0.29) is 41.3 Å². The van der Waals surface area contributed by atoms with Gasteiger partial charge >= 0.3 is 0 Å². The van der Waals surface area contributed by atoms with Gasteiger partial charge in [0.25, 0.3) is 0 Å². The summed E-state index contributed by atoms with van der Waals surface area (Å²) < 4.78 is 32.4. The van der Waals surface area contributed by atoms with E-state index >= 15 is 0 Å². The fraction of sp³-hybridized carbons (Fsp3) is 0.625. The van der Waals surface area contributed by atoms with E-state index in [2.05, 4.69) is 5.32 Å². The monoisotopic (exact) mass is 493 g/mol. The van der Waals surface area contributed by atoms with Gasteiger partial charge in [0.05, 0.1) is 23.1 Å². The lowest BCUT2D eigenvalue weighted by atomic mass is 9.62. The molecule has 3 amide bonds. The third kappa shape index (κ3) is 4.11. The summed E-state index contributed by atoms with van der Waals surface area (Å²) in [6.45, 7) is 9.97. The van der Waals surface area contributed by atoms with Crippen molar-refractivity contribution >= 4 is 33.4 Å². The molecule has 1 aliphatic carbocycles. The number of nitrogens with zero attached hydrogens (tertiary/aromatic N) is 2. The van der Waals surface area contributed by atoms with Crippen molar-refractivity contribution < 1.29 is 27.5 Å². The molecule has 2 unspecified atom stereocenters. The Morgan fingerprint density at radius 3 is 2.44 bits per heavy atom. The van der Waals surface area contributed by atoms with Gasteiger partial charge < -0.3 is 10.1 Å². The zero-order valence-corrected chi connectivity index (χ0v) is 21.6. The minimum absolute atomic E-state index is 0.0224. The Hall–Kier alpha value is -2.46. The molecule has 1 saturated carbocycles. The summed E-state index contributed by atoms with van der Waals surface area (Å²) >= 11 is 0. The van der Waals surface area contributed by atoms with Gasteiger partial charge in [0.1, 0.15) is 5.75 Å². The molecule has 0 aromatic heterocycles. The largest absolute Gasteiger partial charge is 0.495 e. The number of anilines is 1. The molecule has 1 aliphatic heterocycles. The van der Waals surface area contributed by atoms with Crippen molar-refractivity contribution in [3.8, 4) is 5.75 Å². The number of methoxy groups -OCH3 is 1. The number of piperidine rings is 1. The van der Waals surface area contributed by atoms with Crippen molar-refractivity contribution in [3.63, 3.8) is 0 Å². The molecule has 2 aliphatic rings. The zero-order valence-electron chi connectivity index (χ0n) is 20.8. The normalized spacial score (nSPS) is 24.0. The van der Waals surface area contributed by atoms with E-state index in [1.54, 1.807) is 13.8 Å². The number of hydrogen-bond acceptors (Lipinski definition) is 6. The first-order valence-electron chi connectivity index (χ1n) is 11.7. The number of hydrogen-bond donors (Lipinski definition) is 1. The lowest BCUT2D eigenvalue weighted by Crippen LogP contribution is -2.59. The van der Waals surface area contributed by atoms with Crippen LogP contribution in [0.1, 0.15) is 53.9 Å². The Morgan fingerprint density at radius 2 is 1.85 bits per heavy atom. The van der Waals surface area contributed by atoms with Crippen LogP contribution < -0.4 is 10.1 Å². The molecule has 1 aromatic rings. The summed E-state index contributed by atoms with van der Waals surface area (Å²) in [7, 11) is -2.30. The number of ether oxygens (including phenoxy) is 1. The Morgan fingerprint density at radius 1 is 1.21 bits per heavy atom. The maximum Gasteiger partial charge on any atom is 0.243 e. The Balaban J connectivity index is 1.75. The molecule has 1 heterocycles. The maximum atomic E-state index is 13.2. The molecule has 2 bridgehead atoms. The van der Waals surface area contributed by atoms with Crippen molar-refractivity contribution in [2.24, 2.45) is 16.7 Å². The molecule has 3 rings (SSSR count). The minimum atomic E-state index is -3.72. The molecule has 0 spiro atoms. The van der Waals surface area contributed by atoms with Crippen molar-refractivity contribution in [3.05, 3.63) is 18.2 Å². The molecule has 1 saturated heterocycles. The number of rotatable bonds is 9. The summed E-state index contributed by atoms with van der Waals surface area (Å²) in [6, 6.07) is 4.29. The molecular weight excluding hydrogens is 458 g/mol. The van der Waals surface area contributed by atoms with E-state index in [0.29, 0.717) is 31.7 Å². The molecule has 9 nitrogen and oxygen atoms in total. The zero-order chi connectivity index (χ0) is 25.5. The summed E-state index contributed by atoms with van der Waals surface area (Å²) in [5, 5.41) is 2.69. The summed E-state index contributed by atoms with van der Waals surface area (Å²) in [6.07, 6.45) is 1.22. The van der Waals surface area contributed by atoms with Gasteiger partial charge in [-0.3, -0.25) is 19.3 Å². The van der Waals surface area contributed by atoms with Crippen molar-refractivity contribution in [1.29, 1.82) is 0 Å². The fourth-order valence-corrected chi connectivity index (χ4v) is 6.68. The first-order valence-corrected chi connectivity index (χ1v) is 13.1. The topological polar surface area (TPSA) is 113 Å². The maximum absolute atomic E-state index is 13.2. The van der Waals surface area contributed by atoms with E-state index in [0.717, 1.165) is 0 Å². The van der Waals surface area contributed by atoms with E-state index < -0.39 is 26.8 Å². The van der Waals surface area contributed by atoms with E-state index in [1.807, 2.05) is 20.8 Å². The molecule has 34 heavy (non-hydrogen) atoms. The highest BCUT2D eigenvalue weighted by Crippen LogP contribution is 2.60. The van der Waals surface area contributed by atoms with Gasteiger partial charge in [-0.2, -0.15) is 4.31 Å². The van der Waals surface area contributed by atoms with Gasteiger partial charge in [0, 0.05) is 32.0 Å². The first kappa shape index (κ1) is 26.2. The first-order chi connectivity index (χ1) is 15.8. The van der Waals surface area contributed by atoms with Crippen LogP contribution in [0.4, 0.5) is 5.69 Å². The Bertz CT molecular complexity index is 1100. The standard InChI is InChI=1S/C24H35N3O6S/c1-7-26(8-2)34(31,32)16-9-10-19(33-6)18(15-16)25-20(28)12-14-27-21(29)17-11-13-24(5,22(27)30)23(17,3)4/h9-10,15,17H,7-8,11-14H2,1-6H3,(H,25,28).